The summed E-state index contributed by atoms with van der Waals surface area (Å²) >= 11 is 2.44. The van der Waals surface area contributed by atoms with Gasteiger partial charge in [-0.2, -0.15) is 0 Å². The highest BCUT2D eigenvalue weighted by Crippen LogP contribution is 2.36. The van der Waals surface area contributed by atoms with Crippen LogP contribution in [0.4, 0.5) is 0 Å². The molecule has 0 N–H and O–H groups in total. The third-order valence-electron chi connectivity index (χ3n) is 4.50. The molecule has 0 bridgehead atoms. The smallest absolute Gasteiger partial charge is 0.191 e. The third kappa shape index (κ3) is 6.83. The lowest BCUT2D eigenvalue weighted by Gasteiger charge is -2.36. The molecule has 0 spiro atoms. The first-order valence-electron chi connectivity index (χ1n) is 8.04. The van der Waals surface area contributed by atoms with Gasteiger partial charge in [-0.1, -0.05) is 67.6 Å². The first kappa shape index (κ1) is 19.2. The number of alkyl halides is 1. The van der Waals surface area contributed by atoms with Crippen LogP contribution in [0, 0.1) is 0 Å². The zero-order valence-corrected chi connectivity index (χ0v) is 17.5. The second kappa shape index (κ2) is 8.68. The molecular weight excluding hydrogens is 387 g/mol. The Kier molecular flexibility index (Phi) is 7.92. The van der Waals surface area contributed by atoms with Crippen LogP contribution in [0.5, 0.6) is 0 Å². The van der Waals surface area contributed by atoms with Gasteiger partial charge in [-0.25, -0.2) is 0 Å². The summed E-state index contributed by atoms with van der Waals surface area (Å²) in [6, 6.07) is 9.15. The monoisotopic (exact) mass is 418 g/mol. The van der Waals surface area contributed by atoms with E-state index < -0.39 is 8.32 Å². The first-order chi connectivity index (χ1) is 9.76. The fourth-order valence-corrected chi connectivity index (χ4v) is 3.43. The van der Waals surface area contributed by atoms with E-state index in [2.05, 4.69) is 80.7 Å². The number of rotatable bonds is 8. The molecule has 1 nitrogen and oxygen atoms in total. The van der Waals surface area contributed by atoms with Crippen LogP contribution in [-0.2, 0) is 17.3 Å². The van der Waals surface area contributed by atoms with Crippen molar-refractivity contribution in [1.82, 2.24) is 0 Å². The van der Waals surface area contributed by atoms with Crippen molar-refractivity contribution in [2.24, 2.45) is 0 Å². The van der Waals surface area contributed by atoms with Gasteiger partial charge in [0.1, 0.15) is 0 Å². The summed E-state index contributed by atoms with van der Waals surface area (Å²) in [6.45, 7) is 12.5. The van der Waals surface area contributed by atoms with E-state index in [4.69, 9.17) is 4.43 Å². The number of hydrogen-bond donors (Lipinski definition) is 0. The van der Waals surface area contributed by atoms with Gasteiger partial charge in [0.15, 0.2) is 8.32 Å². The molecule has 1 aromatic rings. The average Bonchev–Trinajstić information content (AvgIpc) is 2.41. The summed E-state index contributed by atoms with van der Waals surface area (Å²) in [5, 5.41) is 0.313. The molecule has 1 aromatic carbocycles. The summed E-state index contributed by atoms with van der Waals surface area (Å²) in [6.07, 6.45) is 4.73. The molecule has 0 aliphatic rings. The molecule has 0 saturated heterocycles. The molecule has 1 rings (SSSR count). The van der Waals surface area contributed by atoms with E-state index in [-0.39, 0.29) is 0 Å². The van der Waals surface area contributed by atoms with Crippen LogP contribution in [0.15, 0.2) is 24.3 Å². The van der Waals surface area contributed by atoms with Crippen molar-refractivity contribution >= 4 is 30.9 Å². The van der Waals surface area contributed by atoms with Crippen molar-refractivity contribution in [3.05, 3.63) is 35.4 Å². The van der Waals surface area contributed by atoms with E-state index in [0.29, 0.717) is 5.04 Å². The van der Waals surface area contributed by atoms with Crippen molar-refractivity contribution in [2.45, 2.75) is 64.6 Å². The molecule has 0 heterocycles. The standard InChI is InChI=1S/C18H31IOSi/c1-18(2,3)21(4,5)20-15-7-9-17-12-10-16(11-13-17)8-6-14-19/h10-13H,6-9,14-15H2,1-5H3. The van der Waals surface area contributed by atoms with Crippen molar-refractivity contribution < 1.29 is 4.43 Å². The van der Waals surface area contributed by atoms with Crippen LogP contribution >= 0.6 is 22.6 Å². The Labute approximate surface area is 146 Å². The van der Waals surface area contributed by atoms with Gasteiger partial charge in [0.25, 0.3) is 0 Å². The van der Waals surface area contributed by atoms with Crippen molar-refractivity contribution in [1.29, 1.82) is 0 Å². The van der Waals surface area contributed by atoms with Gasteiger partial charge < -0.3 is 4.43 Å². The van der Waals surface area contributed by atoms with Gasteiger partial charge in [-0.05, 0) is 59.4 Å². The first-order valence-corrected chi connectivity index (χ1v) is 12.5. The Morgan fingerprint density at radius 1 is 0.952 bits per heavy atom. The lowest BCUT2D eigenvalue weighted by atomic mass is 10.1. The van der Waals surface area contributed by atoms with Gasteiger partial charge in [-0.15, -0.1) is 0 Å². The van der Waals surface area contributed by atoms with E-state index in [1.165, 1.54) is 28.4 Å². The lowest BCUT2D eigenvalue weighted by Crippen LogP contribution is -2.41. The van der Waals surface area contributed by atoms with Crippen LogP contribution in [0.2, 0.25) is 18.1 Å². The maximum Gasteiger partial charge on any atom is 0.191 e. The summed E-state index contributed by atoms with van der Waals surface area (Å²) in [7, 11) is -1.57. The number of hydrogen-bond acceptors (Lipinski definition) is 1. The van der Waals surface area contributed by atoms with Crippen molar-refractivity contribution in [3.63, 3.8) is 0 Å². The van der Waals surface area contributed by atoms with Gasteiger partial charge in [0.05, 0.1) is 0 Å². The van der Waals surface area contributed by atoms with E-state index in [9.17, 15) is 0 Å². The van der Waals surface area contributed by atoms with Gasteiger partial charge in [0, 0.05) is 6.61 Å². The van der Waals surface area contributed by atoms with Crippen molar-refractivity contribution in [2.75, 3.05) is 11.0 Å². The van der Waals surface area contributed by atoms with Crippen molar-refractivity contribution in [3.8, 4) is 0 Å². The minimum absolute atomic E-state index is 0.313. The molecule has 21 heavy (non-hydrogen) atoms. The predicted molar refractivity (Wildman–Crippen MR) is 105 cm³/mol. The summed E-state index contributed by atoms with van der Waals surface area (Å²) in [4.78, 5) is 0. The molecule has 0 atom stereocenters. The van der Waals surface area contributed by atoms with E-state index >= 15 is 0 Å². The second-order valence-electron chi connectivity index (χ2n) is 7.32. The quantitative estimate of drug-likeness (QED) is 0.217. The van der Waals surface area contributed by atoms with E-state index in [0.717, 1.165) is 19.4 Å². The van der Waals surface area contributed by atoms with Gasteiger partial charge >= 0.3 is 0 Å². The molecule has 3 heteroatoms. The number of aryl methyl sites for hydroxylation is 2. The highest BCUT2D eigenvalue weighted by Gasteiger charge is 2.36. The normalized spacial score (nSPS) is 12.7. The van der Waals surface area contributed by atoms with Gasteiger partial charge in [-0.3, -0.25) is 0 Å². The van der Waals surface area contributed by atoms with E-state index in [1.54, 1.807) is 0 Å². The molecular formula is C18H31IOSi. The minimum Gasteiger partial charge on any atom is -0.417 e. The molecule has 0 amide bonds. The largest absolute Gasteiger partial charge is 0.417 e. The summed E-state index contributed by atoms with van der Waals surface area (Å²) < 4.78 is 7.47. The molecule has 0 aromatic heterocycles. The van der Waals surface area contributed by atoms with Gasteiger partial charge in [0.2, 0.25) is 0 Å². The maximum atomic E-state index is 6.23. The van der Waals surface area contributed by atoms with Crippen LogP contribution in [0.3, 0.4) is 0 Å². The Morgan fingerprint density at radius 3 is 1.86 bits per heavy atom. The summed E-state index contributed by atoms with van der Waals surface area (Å²) in [5.74, 6) is 0. The van der Waals surface area contributed by atoms with Crippen LogP contribution < -0.4 is 0 Å². The number of benzene rings is 1. The fourth-order valence-electron chi connectivity index (χ4n) is 1.96. The van der Waals surface area contributed by atoms with Crippen LogP contribution in [0.25, 0.3) is 0 Å². The molecule has 120 valence electrons. The highest BCUT2D eigenvalue weighted by molar-refractivity contribution is 14.1. The molecule has 0 fully saturated rings. The zero-order valence-electron chi connectivity index (χ0n) is 14.3. The molecule has 0 aliphatic heterocycles. The average molecular weight is 418 g/mol. The maximum absolute atomic E-state index is 6.23. The summed E-state index contributed by atoms with van der Waals surface area (Å²) in [5.41, 5.74) is 2.90. The topological polar surface area (TPSA) is 9.23 Å². The molecule has 0 aliphatic carbocycles. The Hall–Kier alpha value is 0.127. The Morgan fingerprint density at radius 2 is 1.43 bits per heavy atom. The Bertz CT molecular complexity index is 406. The molecule has 0 radical (unpaired) electrons. The SMILES string of the molecule is CC(C)(C)[Si](C)(C)OCCCc1ccc(CCCI)cc1. The molecule has 0 saturated carbocycles. The predicted octanol–water partition coefficient (Wildman–Crippen LogP) is 6.01. The minimum atomic E-state index is -1.57. The second-order valence-corrected chi connectivity index (χ2v) is 13.2. The lowest BCUT2D eigenvalue weighted by molar-refractivity contribution is 0.282. The van der Waals surface area contributed by atoms with E-state index in [1.807, 2.05) is 0 Å². The number of halogens is 1. The van der Waals surface area contributed by atoms with Crippen LogP contribution in [0.1, 0.15) is 44.7 Å². The Balaban J connectivity index is 2.33. The molecule has 0 unspecified atom stereocenters. The third-order valence-corrected chi connectivity index (χ3v) is 9.80. The van der Waals surface area contributed by atoms with Crippen LogP contribution in [-0.4, -0.2) is 19.4 Å². The fraction of sp³-hybridized carbons (Fsp3) is 0.667. The highest BCUT2D eigenvalue weighted by atomic mass is 127. The zero-order chi connectivity index (χ0) is 15.9.